The third-order valence-electron chi connectivity index (χ3n) is 2.50. The average Bonchev–Trinajstić information content (AvgIpc) is 2.36. The highest BCUT2D eigenvalue weighted by molar-refractivity contribution is 9.09. The fraction of sp³-hybridized carbons (Fsp3) is 0.417. The minimum absolute atomic E-state index is 0.107. The van der Waals surface area contributed by atoms with E-state index in [1.54, 1.807) is 7.05 Å². The van der Waals surface area contributed by atoms with E-state index in [2.05, 4.69) is 15.9 Å². The summed E-state index contributed by atoms with van der Waals surface area (Å²) in [7, 11) is 3.05. The Labute approximate surface area is 119 Å². The Kier molecular flexibility index (Phi) is 5.29. The number of nitro groups is 1. The zero-order chi connectivity index (χ0) is 14.6. The van der Waals surface area contributed by atoms with Crippen LogP contribution in [0.4, 0.5) is 5.69 Å². The van der Waals surface area contributed by atoms with E-state index < -0.39 is 4.92 Å². The lowest BCUT2D eigenvalue weighted by molar-refractivity contribution is -0.384. The Bertz CT molecular complexity index is 491. The molecule has 0 N–H and O–H groups in total. The number of hydrogen-bond acceptors (Lipinski definition) is 4. The molecule has 1 rings (SSSR count). The molecule has 7 heteroatoms. The quantitative estimate of drug-likeness (QED) is 0.472. The normalized spacial score (nSPS) is 11.8. The summed E-state index contributed by atoms with van der Waals surface area (Å²) in [6.45, 7) is 2.45. The van der Waals surface area contributed by atoms with Crippen LogP contribution in [0.2, 0.25) is 0 Å². The molecule has 0 aromatic heterocycles. The molecule has 19 heavy (non-hydrogen) atoms. The fourth-order valence-corrected chi connectivity index (χ4v) is 2.07. The maximum absolute atomic E-state index is 12.2. The van der Waals surface area contributed by atoms with E-state index in [1.165, 1.54) is 30.2 Å². The SMILES string of the molecule is COc1cc([N+](=O)[O-])ccc1C(=O)N(C)CC(C)Br. The zero-order valence-electron chi connectivity index (χ0n) is 10.9. The lowest BCUT2D eigenvalue weighted by Crippen LogP contribution is -2.31. The first kappa shape index (κ1) is 15.4. The van der Waals surface area contributed by atoms with Gasteiger partial charge in [-0.2, -0.15) is 0 Å². The number of carbonyl (C=O) groups is 1. The van der Waals surface area contributed by atoms with Gasteiger partial charge in [0.25, 0.3) is 11.6 Å². The summed E-state index contributed by atoms with van der Waals surface area (Å²) < 4.78 is 5.05. The van der Waals surface area contributed by atoms with E-state index in [9.17, 15) is 14.9 Å². The molecule has 0 saturated carbocycles. The van der Waals surface area contributed by atoms with Crippen molar-refractivity contribution in [3.05, 3.63) is 33.9 Å². The van der Waals surface area contributed by atoms with E-state index in [0.29, 0.717) is 12.1 Å². The summed E-state index contributed by atoms with van der Waals surface area (Å²) in [5.41, 5.74) is 0.202. The van der Waals surface area contributed by atoms with Gasteiger partial charge in [-0.1, -0.05) is 22.9 Å². The van der Waals surface area contributed by atoms with Crippen LogP contribution in [0.15, 0.2) is 18.2 Å². The molecule has 1 amide bonds. The molecule has 1 aromatic carbocycles. The van der Waals surface area contributed by atoms with Crippen molar-refractivity contribution in [2.45, 2.75) is 11.8 Å². The van der Waals surface area contributed by atoms with Gasteiger partial charge in [0.2, 0.25) is 0 Å². The maximum atomic E-state index is 12.2. The number of alkyl halides is 1. The van der Waals surface area contributed by atoms with Gasteiger partial charge in [-0.25, -0.2) is 0 Å². The lowest BCUT2D eigenvalue weighted by atomic mass is 10.1. The van der Waals surface area contributed by atoms with E-state index in [0.717, 1.165) is 0 Å². The Morgan fingerprint density at radius 3 is 2.68 bits per heavy atom. The molecule has 0 aliphatic rings. The average molecular weight is 331 g/mol. The summed E-state index contributed by atoms with van der Waals surface area (Å²) in [5, 5.41) is 10.7. The minimum Gasteiger partial charge on any atom is -0.496 e. The Hall–Kier alpha value is -1.63. The molecule has 0 bridgehead atoms. The largest absolute Gasteiger partial charge is 0.496 e. The van der Waals surface area contributed by atoms with Crippen molar-refractivity contribution in [2.75, 3.05) is 20.7 Å². The monoisotopic (exact) mass is 330 g/mol. The Balaban J connectivity index is 3.06. The second-order valence-corrected chi connectivity index (χ2v) is 5.67. The van der Waals surface area contributed by atoms with Crippen LogP contribution in [0.25, 0.3) is 0 Å². The van der Waals surface area contributed by atoms with E-state index in [4.69, 9.17) is 4.74 Å². The summed E-state index contributed by atoms with van der Waals surface area (Å²) >= 11 is 3.37. The van der Waals surface area contributed by atoms with Crippen LogP contribution in [0.1, 0.15) is 17.3 Å². The standard InChI is InChI=1S/C12H15BrN2O4/c1-8(13)7-14(2)12(16)10-5-4-9(15(17)18)6-11(10)19-3/h4-6,8H,7H2,1-3H3. The Morgan fingerprint density at radius 2 is 2.21 bits per heavy atom. The van der Waals surface area contributed by atoms with Crippen LogP contribution in [-0.4, -0.2) is 41.3 Å². The van der Waals surface area contributed by atoms with E-state index in [1.807, 2.05) is 6.92 Å². The second-order valence-electron chi connectivity index (χ2n) is 4.11. The fourth-order valence-electron chi connectivity index (χ4n) is 1.64. The number of ether oxygens (including phenoxy) is 1. The van der Waals surface area contributed by atoms with Crippen molar-refractivity contribution >= 4 is 27.5 Å². The molecule has 0 radical (unpaired) electrons. The molecule has 0 saturated heterocycles. The van der Waals surface area contributed by atoms with Gasteiger partial charge >= 0.3 is 0 Å². The number of nitro benzene ring substituents is 1. The first-order valence-electron chi connectivity index (χ1n) is 5.58. The summed E-state index contributed by atoms with van der Waals surface area (Å²) in [6, 6.07) is 3.95. The van der Waals surface area contributed by atoms with Crippen molar-refractivity contribution in [1.82, 2.24) is 4.90 Å². The molecular weight excluding hydrogens is 316 g/mol. The number of nitrogens with zero attached hydrogens (tertiary/aromatic N) is 2. The molecule has 0 spiro atoms. The van der Waals surface area contributed by atoms with Gasteiger partial charge in [0.15, 0.2) is 0 Å². The predicted octanol–water partition coefficient (Wildman–Crippen LogP) is 2.46. The van der Waals surface area contributed by atoms with Crippen LogP contribution in [0.3, 0.4) is 0 Å². The van der Waals surface area contributed by atoms with Gasteiger partial charge in [-0.3, -0.25) is 14.9 Å². The van der Waals surface area contributed by atoms with Crippen LogP contribution >= 0.6 is 15.9 Å². The molecule has 0 fully saturated rings. The van der Waals surface area contributed by atoms with Crippen molar-refractivity contribution in [2.24, 2.45) is 0 Å². The summed E-state index contributed by atoms with van der Waals surface area (Å²) in [6.07, 6.45) is 0. The highest BCUT2D eigenvalue weighted by Gasteiger charge is 2.20. The maximum Gasteiger partial charge on any atom is 0.273 e. The van der Waals surface area contributed by atoms with Gasteiger partial charge in [-0.05, 0) is 6.07 Å². The van der Waals surface area contributed by atoms with Gasteiger partial charge in [0.05, 0.1) is 23.7 Å². The number of carbonyl (C=O) groups excluding carboxylic acids is 1. The second kappa shape index (κ2) is 6.51. The number of hydrogen-bond donors (Lipinski definition) is 0. The molecule has 1 unspecified atom stereocenters. The first-order valence-corrected chi connectivity index (χ1v) is 6.50. The number of amides is 1. The van der Waals surface area contributed by atoms with Gasteiger partial charge < -0.3 is 9.64 Å². The minimum atomic E-state index is -0.527. The Morgan fingerprint density at radius 1 is 1.58 bits per heavy atom. The number of halogens is 1. The highest BCUT2D eigenvalue weighted by Crippen LogP contribution is 2.25. The molecule has 0 heterocycles. The van der Waals surface area contributed by atoms with Crippen molar-refractivity contribution in [3.8, 4) is 5.75 Å². The van der Waals surface area contributed by atoms with Crippen molar-refractivity contribution in [3.63, 3.8) is 0 Å². The van der Waals surface area contributed by atoms with Gasteiger partial charge in [0, 0.05) is 24.5 Å². The van der Waals surface area contributed by atoms with Gasteiger partial charge in [0.1, 0.15) is 5.75 Å². The molecule has 6 nitrogen and oxygen atoms in total. The highest BCUT2D eigenvalue weighted by atomic mass is 79.9. The predicted molar refractivity (Wildman–Crippen MR) is 75.0 cm³/mol. The van der Waals surface area contributed by atoms with Crippen LogP contribution < -0.4 is 4.74 Å². The smallest absolute Gasteiger partial charge is 0.273 e. The summed E-state index contributed by atoms with van der Waals surface area (Å²) in [5.74, 6) is -0.0358. The first-order chi connectivity index (χ1) is 8.86. The molecule has 104 valence electrons. The van der Waals surface area contributed by atoms with E-state index >= 15 is 0 Å². The van der Waals surface area contributed by atoms with Crippen molar-refractivity contribution in [1.29, 1.82) is 0 Å². The van der Waals surface area contributed by atoms with Crippen LogP contribution in [0.5, 0.6) is 5.75 Å². The number of non-ortho nitro benzene ring substituents is 1. The van der Waals surface area contributed by atoms with E-state index in [-0.39, 0.29) is 22.2 Å². The third-order valence-corrected chi connectivity index (χ3v) is 2.79. The van der Waals surface area contributed by atoms with Crippen molar-refractivity contribution < 1.29 is 14.5 Å². The van der Waals surface area contributed by atoms with Crippen LogP contribution in [-0.2, 0) is 0 Å². The number of rotatable bonds is 5. The molecule has 0 aliphatic carbocycles. The van der Waals surface area contributed by atoms with Crippen LogP contribution in [0, 0.1) is 10.1 Å². The molecule has 1 atom stereocenters. The lowest BCUT2D eigenvalue weighted by Gasteiger charge is -2.19. The molecular formula is C12H15BrN2O4. The zero-order valence-corrected chi connectivity index (χ0v) is 12.5. The molecule has 0 aliphatic heterocycles. The number of methoxy groups -OCH3 is 1. The number of benzene rings is 1. The molecule has 1 aromatic rings. The summed E-state index contributed by atoms with van der Waals surface area (Å²) in [4.78, 5) is 24.0. The van der Waals surface area contributed by atoms with Gasteiger partial charge in [-0.15, -0.1) is 0 Å². The third kappa shape index (κ3) is 3.92. The topological polar surface area (TPSA) is 72.7 Å².